The Morgan fingerprint density at radius 2 is 1.86 bits per heavy atom. The van der Waals surface area contributed by atoms with E-state index in [1.807, 2.05) is 30.3 Å². The van der Waals surface area contributed by atoms with Gasteiger partial charge in [0.2, 0.25) is 0 Å². The lowest BCUT2D eigenvalue weighted by atomic mass is 10.2. The van der Waals surface area contributed by atoms with Crippen molar-refractivity contribution in [1.29, 1.82) is 0 Å². The zero-order valence-corrected chi connectivity index (χ0v) is 21.2. The molecule has 0 fully saturated rings. The summed E-state index contributed by atoms with van der Waals surface area (Å²) in [6, 6.07) is 14.1. The van der Waals surface area contributed by atoms with Crippen molar-refractivity contribution < 1.29 is 9.59 Å². The van der Waals surface area contributed by atoms with Crippen molar-refractivity contribution in [2.45, 2.75) is 20.0 Å². The van der Waals surface area contributed by atoms with E-state index in [-0.39, 0.29) is 24.7 Å². The lowest BCUT2D eigenvalue weighted by Crippen LogP contribution is -2.28. The Kier molecular flexibility index (Phi) is 7.64. The number of nitrogens with zero attached hydrogens (tertiary/aromatic N) is 5. The van der Waals surface area contributed by atoms with Gasteiger partial charge in [-0.25, -0.2) is 9.78 Å². The highest BCUT2D eigenvalue weighted by Crippen LogP contribution is 2.22. The molecule has 180 valence electrons. The number of thiazole rings is 1. The van der Waals surface area contributed by atoms with Crippen LogP contribution in [0.5, 0.6) is 0 Å². The molecule has 0 saturated carbocycles. The van der Waals surface area contributed by atoms with Crippen LogP contribution in [0.2, 0.25) is 10.0 Å². The SMILES string of the molecule is Cc1nn(-c2ccccc2)nc1C(=O)N(C)Cc1csc(NC(=O)NCc2ccc(Cl)c(Cl)c2)n1. The van der Waals surface area contributed by atoms with Crippen molar-refractivity contribution in [1.82, 2.24) is 30.2 Å². The maximum atomic E-state index is 13.0. The third-order valence-electron chi connectivity index (χ3n) is 4.93. The first-order valence-electron chi connectivity index (χ1n) is 10.5. The zero-order chi connectivity index (χ0) is 24.9. The molecule has 0 atom stereocenters. The van der Waals surface area contributed by atoms with E-state index in [0.29, 0.717) is 26.6 Å². The van der Waals surface area contributed by atoms with Crippen LogP contribution in [-0.4, -0.2) is 43.9 Å². The molecule has 9 nitrogen and oxygen atoms in total. The molecule has 0 saturated heterocycles. The van der Waals surface area contributed by atoms with Gasteiger partial charge in [0.15, 0.2) is 10.8 Å². The minimum atomic E-state index is -0.408. The molecule has 0 spiro atoms. The van der Waals surface area contributed by atoms with Crippen molar-refractivity contribution in [3.63, 3.8) is 0 Å². The molecule has 35 heavy (non-hydrogen) atoms. The number of anilines is 1. The fourth-order valence-corrected chi connectivity index (χ4v) is 4.18. The first-order chi connectivity index (χ1) is 16.8. The second-order valence-corrected chi connectivity index (χ2v) is 9.29. The average Bonchev–Trinajstić information content (AvgIpc) is 3.45. The molecule has 3 amide bonds. The Labute approximate surface area is 215 Å². The summed E-state index contributed by atoms with van der Waals surface area (Å²) in [5.41, 5.74) is 3.02. The topological polar surface area (TPSA) is 105 Å². The highest BCUT2D eigenvalue weighted by Gasteiger charge is 2.21. The van der Waals surface area contributed by atoms with Gasteiger partial charge in [0.05, 0.1) is 33.7 Å². The summed E-state index contributed by atoms with van der Waals surface area (Å²) in [6.45, 7) is 2.27. The van der Waals surface area contributed by atoms with E-state index in [0.717, 1.165) is 11.3 Å². The van der Waals surface area contributed by atoms with Crippen LogP contribution in [0.25, 0.3) is 5.69 Å². The van der Waals surface area contributed by atoms with Gasteiger partial charge in [0, 0.05) is 19.0 Å². The number of hydrogen-bond acceptors (Lipinski definition) is 6. The predicted molar refractivity (Wildman–Crippen MR) is 136 cm³/mol. The van der Waals surface area contributed by atoms with Gasteiger partial charge in [-0.3, -0.25) is 10.1 Å². The number of aromatic nitrogens is 4. The van der Waals surface area contributed by atoms with Crippen LogP contribution in [0.15, 0.2) is 53.9 Å². The van der Waals surface area contributed by atoms with Gasteiger partial charge in [-0.05, 0) is 36.8 Å². The molecule has 4 aromatic rings. The number of benzene rings is 2. The minimum absolute atomic E-state index is 0.250. The Balaban J connectivity index is 1.32. The number of amides is 3. The van der Waals surface area contributed by atoms with Gasteiger partial charge >= 0.3 is 6.03 Å². The molecule has 2 aromatic carbocycles. The maximum absolute atomic E-state index is 13.0. The summed E-state index contributed by atoms with van der Waals surface area (Å²) in [5, 5.41) is 17.2. The highest BCUT2D eigenvalue weighted by atomic mass is 35.5. The Hall–Kier alpha value is -3.47. The number of carbonyl (C=O) groups excluding carboxylic acids is 2. The van der Waals surface area contributed by atoms with Crippen LogP contribution in [0, 0.1) is 6.92 Å². The first kappa shape index (κ1) is 24.6. The molecule has 0 aliphatic carbocycles. The van der Waals surface area contributed by atoms with E-state index in [2.05, 4.69) is 25.8 Å². The van der Waals surface area contributed by atoms with Crippen LogP contribution in [0.4, 0.5) is 9.93 Å². The number of nitrogens with one attached hydrogen (secondary N) is 2. The number of hydrogen-bond donors (Lipinski definition) is 2. The van der Waals surface area contributed by atoms with Gasteiger partial charge in [-0.2, -0.15) is 9.90 Å². The van der Waals surface area contributed by atoms with Gasteiger partial charge < -0.3 is 10.2 Å². The van der Waals surface area contributed by atoms with Gasteiger partial charge in [-0.15, -0.1) is 16.4 Å². The minimum Gasteiger partial charge on any atom is -0.334 e. The van der Waals surface area contributed by atoms with Crippen molar-refractivity contribution in [3.8, 4) is 5.69 Å². The third-order valence-corrected chi connectivity index (χ3v) is 6.47. The molecular weight excluding hydrogens is 509 g/mol. The van der Waals surface area contributed by atoms with Crippen molar-refractivity contribution >= 4 is 51.6 Å². The smallest absolute Gasteiger partial charge is 0.321 e. The summed E-state index contributed by atoms with van der Waals surface area (Å²) in [5.74, 6) is -0.272. The number of rotatable bonds is 7. The van der Waals surface area contributed by atoms with Gasteiger partial charge in [0.1, 0.15) is 0 Å². The monoisotopic (exact) mass is 529 g/mol. The van der Waals surface area contributed by atoms with Crippen molar-refractivity contribution in [2.75, 3.05) is 12.4 Å². The molecular formula is C23H21Cl2N7O2S. The third kappa shape index (κ3) is 6.16. The van der Waals surface area contributed by atoms with Gasteiger partial charge in [0.25, 0.3) is 5.91 Å². The number of aryl methyl sites for hydroxylation is 1. The number of halogens is 2. The number of urea groups is 1. The second-order valence-electron chi connectivity index (χ2n) is 7.62. The number of para-hydroxylation sites is 1. The molecule has 2 heterocycles. The highest BCUT2D eigenvalue weighted by molar-refractivity contribution is 7.13. The Morgan fingerprint density at radius 1 is 1.09 bits per heavy atom. The molecule has 2 aromatic heterocycles. The Morgan fingerprint density at radius 3 is 2.60 bits per heavy atom. The van der Waals surface area contributed by atoms with Crippen LogP contribution < -0.4 is 10.6 Å². The van der Waals surface area contributed by atoms with Crippen LogP contribution in [-0.2, 0) is 13.1 Å². The van der Waals surface area contributed by atoms with Crippen LogP contribution in [0.1, 0.15) is 27.4 Å². The molecule has 0 aliphatic rings. The fraction of sp³-hybridized carbons (Fsp3) is 0.174. The van der Waals surface area contributed by atoms with Crippen molar-refractivity contribution in [3.05, 3.63) is 86.6 Å². The van der Waals surface area contributed by atoms with E-state index in [9.17, 15) is 9.59 Å². The van der Waals surface area contributed by atoms with E-state index >= 15 is 0 Å². The van der Waals surface area contributed by atoms with E-state index in [4.69, 9.17) is 23.2 Å². The lowest BCUT2D eigenvalue weighted by molar-refractivity contribution is 0.0776. The maximum Gasteiger partial charge on any atom is 0.321 e. The normalized spacial score (nSPS) is 10.7. The molecule has 0 unspecified atom stereocenters. The fourth-order valence-electron chi connectivity index (χ4n) is 3.16. The Bertz CT molecular complexity index is 1360. The molecule has 12 heteroatoms. The zero-order valence-electron chi connectivity index (χ0n) is 18.8. The summed E-state index contributed by atoms with van der Waals surface area (Å²) in [7, 11) is 1.67. The van der Waals surface area contributed by atoms with E-state index in [1.165, 1.54) is 21.0 Å². The van der Waals surface area contributed by atoms with E-state index in [1.54, 1.807) is 37.6 Å². The number of carbonyl (C=O) groups is 2. The van der Waals surface area contributed by atoms with E-state index < -0.39 is 6.03 Å². The summed E-state index contributed by atoms with van der Waals surface area (Å²) < 4.78 is 0. The van der Waals surface area contributed by atoms with Crippen LogP contribution in [0.3, 0.4) is 0 Å². The first-order valence-corrected chi connectivity index (χ1v) is 12.1. The largest absolute Gasteiger partial charge is 0.334 e. The standard InChI is InChI=1S/C23H21Cl2N7O2S/c1-14-20(30-32(29-14)17-6-4-3-5-7-17)21(33)31(2)12-16-13-35-23(27-16)28-22(34)26-11-15-8-9-18(24)19(25)10-15/h3-10,13H,11-12H2,1-2H3,(H2,26,27,28,34). The quantitative estimate of drug-likeness (QED) is 0.353. The predicted octanol–water partition coefficient (Wildman–Crippen LogP) is 4.93. The molecule has 4 rings (SSSR count). The van der Waals surface area contributed by atoms with Crippen LogP contribution >= 0.6 is 34.5 Å². The summed E-state index contributed by atoms with van der Waals surface area (Å²) in [4.78, 5) is 32.5. The summed E-state index contributed by atoms with van der Waals surface area (Å²) >= 11 is 13.2. The molecule has 0 aliphatic heterocycles. The molecule has 2 N–H and O–H groups in total. The lowest BCUT2D eigenvalue weighted by Gasteiger charge is -2.14. The van der Waals surface area contributed by atoms with Gasteiger partial charge in [-0.1, -0.05) is 47.5 Å². The molecule has 0 radical (unpaired) electrons. The summed E-state index contributed by atoms with van der Waals surface area (Å²) in [6.07, 6.45) is 0. The average molecular weight is 530 g/mol. The molecule has 0 bridgehead atoms. The van der Waals surface area contributed by atoms with Crippen molar-refractivity contribution in [2.24, 2.45) is 0 Å². The second kappa shape index (κ2) is 10.9.